The van der Waals surface area contributed by atoms with E-state index in [0.29, 0.717) is 9.47 Å². The molecule has 3 aromatic rings. The topological polar surface area (TPSA) is 61.2 Å². The van der Waals surface area contributed by atoms with Gasteiger partial charge in [-0.1, -0.05) is 23.7 Å². The summed E-state index contributed by atoms with van der Waals surface area (Å²) in [5, 5.41) is 4.16. The predicted molar refractivity (Wildman–Crippen MR) is 74.9 cm³/mol. The van der Waals surface area contributed by atoms with Crippen molar-refractivity contribution in [3.05, 3.63) is 59.5 Å². The molecule has 0 N–H and O–H groups in total. The van der Waals surface area contributed by atoms with Gasteiger partial charge in [0, 0.05) is 11.5 Å². The molecule has 21 heavy (non-hydrogen) atoms. The van der Waals surface area contributed by atoms with Crippen molar-refractivity contribution in [1.29, 1.82) is 0 Å². The van der Waals surface area contributed by atoms with Crippen molar-refractivity contribution in [3.63, 3.8) is 0 Å². The lowest BCUT2D eigenvalue weighted by Gasteiger charge is -2.07. The number of rotatable bonds is 3. The van der Waals surface area contributed by atoms with Gasteiger partial charge in [0.1, 0.15) is 11.6 Å². The van der Waals surface area contributed by atoms with Gasteiger partial charge >= 0.3 is 10.3 Å². The third kappa shape index (κ3) is 2.57. The lowest BCUT2D eigenvalue weighted by molar-refractivity contribution is 0.469. The fraction of sp³-hybridized carbons (Fsp3) is 0. The Morgan fingerprint density at radius 1 is 1.33 bits per heavy atom. The molecule has 0 atom stereocenters. The summed E-state index contributed by atoms with van der Waals surface area (Å²) in [5.41, 5.74) is 0.246. The molecule has 0 spiro atoms. The number of halogens is 2. The van der Waals surface area contributed by atoms with Crippen LogP contribution in [-0.4, -0.2) is 17.6 Å². The summed E-state index contributed by atoms with van der Waals surface area (Å²) in [6.07, 6.45) is 0. The van der Waals surface area contributed by atoms with Crippen LogP contribution in [0.2, 0.25) is 5.15 Å². The SMILES string of the molecule is O=S(=O)(Oc1cccc(F)c1)n1nc(Cl)c2c[c]ccc21. The molecule has 0 aliphatic rings. The minimum absolute atomic E-state index is 0.00765. The molecule has 0 aliphatic heterocycles. The first-order valence-corrected chi connectivity index (χ1v) is 7.46. The van der Waals surface area contributed by atoms with Crippen molar-refractivity contribution in [2.45, 2.75) is 0 Å². The quantitative estimate of drug-likeness (QED) is 0.743. The van der Waals surface area contributed by atoms with Gasteiger partial charge in [0.2, 0.25) is 0 Å². The average molecular weight is 326 g/mol. The van der Waals surface area contributed by atoms with E-state index in [1.165, 1.54) is 36.4 Å². The molecule has 3 rings (SSSR count). The van der Waals surface area contributed by atoms with Gasteiger partial charge in [-0.3, -0.25) is 0 Å². The van der Waals surface area contributed by atoms with E-state index >= 15 is 0 Å². The van der Waals surface area contributed by atoms with E-state index in [0.717, 1.165) is 6.07 Å². The Morgan fingerprint density at radius 3 is 2.90 bits per heavy atom. The molecule has 5 nitrogen and oxygen atoms in total. The van der Waals surface area contributed by atoms with Crippen LogP contribution in [0.5, 0.6) is 5.75 Å². The Labute approximate surface area is 124 Å². The fourth-order valence-electron chi connectivity index (χ4n) is 1.79. The van der Waals surface area contributed by atoms with Gasteiger partial charge in [0.05, 0.1) is 5.52 Å². The summed E-state index contributed by atoms with van der Waals surface area (Å²) < 4.78 is 43.0. The van der Waals surface area contributed by atoms with Crippen molar-refractivity contribution in [2.75, 3.05) is 0 Å². The number of nitrogens with zero attached hydrogens (tertiary/aromatic N) is 2. The monoisotopic (exact) mass is 325 g/mol. The van der Waals surface area contributed by atoms with Crippen LogP contribution in [0, 0.1) is 11.9 Å². The van der Waals surface area contributed by atoms with E-state index in [4.69, 9.17) is 15.8 Å². The van der Waals surface area contributed by atoms with Crippen LogP contribution in [0.1, 0.15) is 0 Å². The van der Waals surface area contributed by atoms with Crippen LogP contribution < -0.4 is 4.18 Å². The van der Waals surface area contributed by atoms with Gasteiger partial charge in [-0.25, -0.2) is 4.39 Å². The Balaban J connectivity index is 2.09. The maximum Gasteiger partial charge on any atom is 0.429 e. The Kier molecular flexibility index (Phi) is 3.30. The zero-order valence-corrected chi connectivity index (χ0v) is 11.9. The summed E-state index contributed by atoms with van der Waals surface area (Å²) >= 11 is 5.88. The molecule has 107 valence electrons. The fourth-order valence-corrected chi connectivity index (χ4v) is 3.06. The summed E-state index contributed by atoms with van der Waals surface area (Å²) in [7, 11) is -4.30. The van der Waals surface area contributed by atoms with E-state index in [-0.39, 0.29) is 16.4 Å². The van der Waals surface area contributed by atoms with Crippen molar-refractivity contribution in [2.24, 2.45) is 0 Å². The number of hydrogen-bond acceptors (Lipinski definition) is 4. The maximum atomic E-state index is 13.1. The lowest BCUT2D eigenvalue weighted by Crippen LogP contribution is -2.20. The van der Waals surface area contributed by atoms with Crippen LogP contribution in [0.3, 0.4) is 0 Å². The van der Waals surface area contributed by atoms with Gasteiger partial charge in [-0.05, 0) is 30.3 Å². The second kappa shape index (κ2) is 5.01. The summed E-state index contributed by atoms with van der Waals surface area (Å²) in [5.74, 6) is -0.766. The molecule has 1 aromatic heterocycles. The van der Waals surface area contributed by atoms with Crippen LogP contribution in [0.15, 0.2) is 42.5 Å². The molecular weight excluding hydrogens is 319 g/mol. The highest BCUT2D eigenvalue weighted by Crippen LogP contribution is 2.24. The molecule has 2 aromatic carbocycles. The first kappa shape index (κ1) is 13.8. The third-order valence-corrected chi connectivity index (χ3v) is 4.04. The Hall–Kier alpha value is -2.12. The summed E-state index contributed by atoms with van der Waals surface area (Å²) in [6.45, 7) is 0. The predicted octanol–water partition coefficient (Wildman–Crippen LogP) is 2.80. The molecule has 0 fully saturated rings. The second-order valence-electron chi connectivity index (χ2n) is 4.08. The minimum atomic E-state index is -4.30. The number of fused-ring (bicyclic) bond motifs is 1. The van der Waals surface area contributed by atoms with Crippen molar-refractivity contribution >= 4 is 32.8 Å². The summed E-state index contributed by atoms with van der Waals surface area (Å²) in [4.78, 5) is 0. The third-order valence-electron chi connectivity index (χ3n) is 2.66. The van der Waals surface area contributed by atoms with Crippen molar-refractivity contribution in [1.82, 2.24) is 9.19 Å². The van der Waals surface area contributed by atoms with Crippen LogP contribution in [0.4, 0.5) is 4.39 Å². The minimum Gasteiger partial charge on any atom is -0.365 e. The Bertz CT molecular complexity index is 924. The molecule has 8 heteroatoms. The average Bonchev–Trinajstić information content (AvgIpc) is 2.77. The van der Waals surface area contributed by atoms with Gasteiger partial charge in [-0.2, -0.15) is 8.42 Å². The van der Waals surface area contributed by atoms with E-state index in [1.807, 2.05) is 0 Å². The molecular formula is C13H7ClFN2O3S. The number of aromatic nitrogens is 2. The molecule has 0 bridgehead atoms. The maximum absolute atomic E-state index is 13.1. The molecule has 1 heterocycles. The van der Waals surface area contributed by atoms with Crippen molar-refractivity contribution in [3.8, 4) is 5.75 Å². The lowest BCUT2D eigenvalue weighted by atomic mass is 10.3. The number of benzene rings is 2. The van der Waals surface area contributed by atoms with Crippen LogP contribution in [-0.2, 0) is 10.3 Å². The highest BCUT2D eigenvalue weighted by atomic mass is 35.5. The largest absolute Gasteiger partial charge is 0.429 e. The van der Waals surface area contributed by atoms with E-state index < -0.39 is 16.1 Å². The number of hydrogen-bond donors (Lipinski definition) is 0. The molecule has 1 radical (unpaired) electrons. The zero-order chi connectivity index (χ0) is 15.0. The second-order valence-corrected chi connectivity index (χ2v) is 5.80. The van der Waals surface area contributed by atoms with Gasteiger partial charge < -0.3 is 4.18 Å². The highest BCUT2D eigenvalue weighted by Gasteiger charge is 2.22. The molecule has 0 saturated carbocycles. The molecule has 0 amide bonds. The van der Waals surface area contributed by atoms with Crippen LogP contribution >= 0.6 is 11.6 Å². The first-order valence-electron chi connectivity index (χ1n) is 5.72. The normalized spacial score (nSPS) is 11.7. The van der Waals surface area contributed by atoms with E-state index in [9.17, 15) is 12.8 Å². The van der Waals surface area contributed by atoms with Gasteiger partial charge in [0.15, 0.2) is 5.15 Å². The van der Waals surface area contributed by atoms with E-state index in [2.05, 4.69) is 11.2 Å². The highest BCUT2D eigenvalue weighted by molar-refractivity contribution is 7.85. The first-order chi connectivity index (χ1) is 9.97. The zero-order valence-electron chi connectivity index (χ0n) is 10.3. The van der Waals surface area contributed by atoms with Crippen LogP contribution in [0.25, 0.3) is 10.9 Å². The van der Waals surface area contributed by atoms with Gasteiger partial charge in [-0.15, -0.1) is 9.19 Å². The Morgan fingerprint density at radius 2 is 2.14 bits per heavy atom. The molecule has 0 saturated heterocycles. The molecule has 0 unspecified atom stereocenters. The van der Waals surface area contributed by atoms with Gasteiger partial charge in [0.25, 0.3) is 0 Å². The standard InChI is InChI=1S/C13H7ClFN2O3S/c14-13-11-6-1-2-7-12(11)17(16-13)21(18,19)20-10-5-3-4-9(15)8-10/h2-8H. The van der Waals surface area contributed by atoms with E-state index in [1.54, 1.807) is 0 Å². The van der Waals surface area contributed by atoms with Crippen molar-refractivity contribution < 1.29 is 17.0 Å². The smallest absolute Gasteiger partial charge is 0.365 e. The summed E-state index contributed by atoms with van der Waals surface area (Å²) in [6, 6.07) is 12.1. The molecule has 0 aliphatic carbocycles.